The second-order valence-corrected chi connectivity index (χ2v) is 4.51. The number of phenolic OH excluding ortho intramolecular Hbond substituents is 2. The van der Waals surface area contributed by atoms with Crippen molar-refractivity contribution in [3.8, 4) is 11.5 Å². The van der Waals surface area contributed by atoms with E-state index in [0.717, 1.165) is 0 Å². The average molecular weight is 270 g/mol. The Kier molecular flexibility index (Phi) is 1.79. The lowest BCUT2D eigenvalue weighted by Crippen LogP contribution is -2.06. The van der Waals surface area contributed by atoms with Gasteiger partial charge in [0.05, 0.1) is 10.8 Å². The van der Waals surface area contributed by atoms with Crippen LogP contribution in [0.15, 0.2) is 42.7 Å². The molecule has 4 rings (SSSR count). The van der Waals surface area contributed by atoms with Gasteiger partial charge in [0, 0.05) is 22.9 Å². The standard InChI is InChI=1S/C14H6O6/c15-5-1-7-11-9(3-5)20-14(18)8-2-6(16)4-10(12(8)11)19-13(7)17/h1-4,15-16H. The molecule has 0 fully saturated rings. The maximum absolute atomic E-state index is 11.9. The SMILES string of the molecule is O=c1oc2cc(O)cc3c(=O)oc4cc(O)cc1c4c23. The molecule has 0 saturated carbocycles. The van der Waals surface area contributed by atoms with Crippen LogP contribution in [-0.2, 0) is 0 Å². The van der Waals surface area contributed by atoms with Gasteiger partial charge in [-0.2, -0.15) is 0 Å². The highest BCUT2D eigenvalue weighted by molar-refractivity contribution is 6.19. The summed E-state index contributed by atoms with van der Waals surface area (Å²) in [4.78, 5) is 23.9. The Labute approximate surface area is 109 Å². The number of rotatable bonds is 0. The predicted molar refractivity (Wildman–Crippen MR) is 70.5 cm³/mol. The molecule has 0 radical (unpaired) electrons. The molecule has 20 heavy (non-hydrogen) atoms. The van der Waals surface area contributed by atoms with Crippen molar-refractivity contribution in [3.63, 3.8) is 0 Å². The van der Waals surface area contributed by atoms with Crippen LogP contribution in [0.2, 0.25) is 0 Å². The summed E-state index contributed by atoms with van der Waals surface area (Å²) in [6.45, 7) is 0. The van der Waals surface area contributed by atoms with Crippen LogP contribution in [0.3, 0.4) is 0 Å². The molecule has 0 spiro atoms. The summed E-state index contributed by atoms with van der Waals surface area (Å²) in [7, 11) is 0. The van der Waals surface area contributed by atoms with Gasteiger partial charge in [-0.25, -0.2) is 9.59 Å². The van der Waals surface area contributed by atoms with Gasteiger partial charge in [0.25, 0.3) is 0 Å². The Morgan fingerprint density at radius 2 is 1.10 bits per heavy atom. The molecule has 2 aromatic heterocycles. The van der Waals surface area contributed by atoms with E-state index in [9.17, 15) is 19.8 Å². The summed E-state index contributed by atoms with van der Waals surface area (Å²) in [5.74, 6) is -0.400. The third-order valence-electron chi connectivity index (χ3n) is 3.27. The molecule has 2 aromatic carbocycles. The molecule has 0 aliphatic carbocycles. The number of aromatic hydroxyl groups is 2. The van der Waals surface area contributed by atoms with Gasteiger partial charge in [-0.3, -0.25) is 0 Å². The lowest BCUT2D eigenvalue weighted by atomic mass is 10.0. The fourth-order valence-electron chi connectivity index (χ4n) is 2.51. The van der Waals surface area contributed by atoms with Crippen LogP contribution in [0.25, 0.3) is 32.7 Å². The molecule has 2 heterocycles. The quantitative estimate of drug-likeness (QED) is 0.374. The van der Waals surface area contributed by atoms with Crippen LogP contribution >= 0.6 is 0 Å². The summed E-state index contributed by atoms with van der Waals surface area (Å²) in [5.41, 5.74) is -1.17. The van der Waals surface area contributed by atoms with Crippen molar-refractivity contribution in [3.05, 3.63) is 45.1 Å². The first-order chi connectivity index (χ1) is 9.54. The normalized spacial score (nSPS) is 11.8. The van der Waals surface area contributed by atoms with E-state index >= 15 is 0 Å². The zero-order chi connectivity index (χ0) is 14.0. The molecule has 0 aliphatic rings. The predicted octanol–water partition coefficient (Wildman–Crippen LogP) is 1.90. The lowest BCUT2D eigenvalue weighted by molar-refractivity contribution is 0.470. The van der Waals surface area contributed by atoms with Crippen LogP contribution < -0.4 is 11.3 Å². The van der Waals surface area contributed by atoms with E-state index in [1.165, 1.54) is 24.3 Å². The summed E-state index contributed by atoms with van der Waals surface area (Å²) in [6, 6.07) is 5.02. The molecule has 0 amide bonds. The van der Waals surface area contributed by atoms with E-state index in [-0.39, 0.29) is 33.4 Å². The molecule has 2 N–H and O–H groups in total. The molecule has 0 atom stereocenters. The molecule has 6 nitrogen and oxygen atoms in total. The molecule has 0 aliphatic heterocycles. The third-order valence-corrected chi connectivity index (χ3v) is 3.27. The summed E-state index contributed by atoms with van der Waals surface area (Å²) < 4.78 is 10.2. The Morgan fingerprint density at radius 1 is 0.700 bits per heavy atom. The van der Waals surface area contributed by atoms with Gasteiger partial charge in [-0.15, -0.1) is 0 Å². The summed E-state index contributed by atoms with van der Waals surface area (Å²) in [5, 5.41) is 20.2. The van der Waals surface area contributed by atoms with Crippen LogP contribution in [0, 0.1) is 0 Å². The topological polar surface area (TPSA) is 101 Å². The van der Waals surface area contributed by atoms with Crippen molar-refractivity contribution in [1.82, 2.24) is 0 Å². The molecule has 98 valence electrons. The van der Waals surface area contributed by atoms with Gasteiger partial charge in [-0.1, -0.05) is 0 Å². The Hall–Kier alpha value is -3.02. The van der Waals surface area contributed by atoms with Gasteiger partial charge < -0.3 is 19.0 Å². The molecular formula is C14H6O6. The minimum absolute atomic E-state index is 0.0982. The lowest BCUT2D eigenvalue weighted by Gasteiger charge is -2.08. The number of hydrogen-bond donors (Lipinski definition) is 2. The van der Waals surface area contributed by atoms with Crippen molar-refractivity contribution in [2.45, 2.75) is 0 Å². The molecule has 4 aromatic rings. The van der Waals surface area contributed by atoms with E-state index in [4.69, 9.17) is 8.83 Å². The first-order valence-electron chi connectivity index (χ1n) is 5.73. The van der Waals surface area contributed by atoms with E-state index in [2.05, 4.69) is 0 Å². The second-order valence-electron chi connectivity index (χ2n) is 4.51. The molecule has 0 saturated heterocycles. The first-order valence-corrected chi connectivity index (χ1v) is 5.73. The minimum Gasteiger partial charge on any atom is -0.508 e. The van der Waals surface area contributed by atoms with Crippen molar-refractivity contribution in [2.24, 2.45) is 0 Å². The largest absolute Gasteiger partial charge is 0.508 e. The number of benzene rings is 2. The van der Waals surface area contributed by atoms with Gasteiger partial charge >= 0.3 is 11.3 Å². The highest BCUT2D eigenvalue weighted by atomic mass is 16.4. The fraction of sp³-hybridized carbons (Fsp3) is 0. The summed E-state index contributed by atoms with van der Waals surface area (Å²) >= 11 is 0. The molecule has 0 bridgehead atoms. The van der Waals surface area contributed by atoms with Gasteiger partial charge in [0.2, 0.25) is 0 Å². The van der Waals surface area contributed by atoms with Crippen molar-refractivity contribution in [2.75, 3.05) is 0 Å². The van der Waals surface area contributed by atoms with E-state index in [0.29, 0.717) is 10.8 Å². The maximum Gasteiger partial charge on any atom is 0.344 e. The highest BCUT2D eigenvalue weighted by Crippen LogP contribution is 2.34. The van der Waals surface area contributed by atoms with E-state index in [1.54, 1.807) is 0 Å². The van der Waals surface area contributed by atoms with Crippen molar-refractivity contribution >= 4 is 32.7 Å². The number of phenols is 2. The smallest absolute Gasteiger partial charge is 0.344 e. The van der Waals surface area contributed by atoms with Gasteiger partial charge in [0.1, 0.15) is 22.7 Å². The number of hydrogen-bond acceptors (Lipinski definition) is 6. The van der Waals surface area contributed by atoms with Crippen molar-refractivity contribution < 1.29 is 19.0 Å². The zero-order valence-electron chi connectivity index (χ0n) is 9.84. The van der Waals surface area contributed by atoms with Crippen LogP contribution in [0.4, 0.5) is 0 Å². The Balaban J connectivity index is 2.53. The first kappa shape index (κ1) is 10.9. The Morgan fingerprint density at radius 3 is 1.50 bits per heavy atom. The monoisotopic (exact) mass is 270 g/mol. The third kappa shape index (κ3) is 1.22. The van der Waals surface area contributed by atoms with Crippen LogP contribution in [0.5, 0.6) is 11.5 Å². The zero-order valence-corrected chi connectivity index (χ0v) is 9.84. The van der Waals surface area contributed by atoms with Gasteiger partial charge in [0.15, 0.2) is 0 Å². The maximum atomic E-state index is 11.9. The Bertz CT molecular complexity index is 1010. The van der Waals surface area contributed by atoms with Gasteiger partial charge in [-0.05, 0) is 12.1 Å². The fourth-order valence-corrected chi connectivity index (χ4v) is 2.51. The molecule has 0 unspecified atom stereocenters. The average Bonchev–Trinajstić information content (AvgIpc) is 2.37. The van der Waals surface area contributed by atoms with E-state index in [1.807, 2.05) is 0 Å². The highest BCUT2D eigenvalue weighted by Gasteiger charge is 2.18. The summed E-state index contributed by atoms with van der Waals surface area (Å²) in [6.07, 6.45) is 0. The van der Waals surface area contributed by atoms with Crippen LogP contribution in [-0.4, -0.2) is 10.2 Å². The van der Waals surface area contributed by atoms with E-state index < -0.39 is 11.3 Å². The minimum atomic E-state index is -0.681. The second kappa shape index (κ2) is 3.30. The van der Waals surface area contributed by atoms with Crippen LogP contribution in [0.1, 0.15) is 0 Å². The molecular weight excluding hydrogens is 264 g/mol. The molecule has 6 heteroatoms. The van der Waals surface area contributed by atoms with Crippen molar-refractivity contribution in [1.29, 1.82) is 0 Å².